The van der Waals surface area contributed by atoms with Crippen LogP contribution in [0.2, 0.25) is 0 Å². The number of aryl methyl sites for hydroxylation is 1. The number of ketones is 1. The van der Waals surface area contributed by atoms with Gasteiger partial charge >= 0.3 is 0 Å². The zero-order valence-electron chi connectivity index (χ0n) is 24.0. The number of ether oxygens (including phenoxy) is 1. The molecule has 3 fully saturated rings. The van der Waals surface area contributed by atoms with E-state index in [1.165, 1.54) is 0 Å². The van der Waals surface area contributed by atoms with Crippen LogP contribution in [-0.2, 0) is 22.4 Å². The van der Waals surface area contributed by atoms with E-state index in [2.05, 4.69) is 25.6 Å². The van der Waals surface area contributed by atoms with Crippen molar-refractivity contribution in [2.24, 2.45) is 28.6 Å². The highest BCUT2D eigenvalue weighted by Crippen LogP contribution is 2.76. The number of hydrogen-bond donors (Lipinski definition) is 3. The Hall–Kier alpha value is -3.41. The molecule has 0 saturated heterocycles. The summed E-state index contributed by atoms with van der Waals surface area (Å²) in [6, 6.07) is 21.0. The monoisotopic (exact) mass is 552 g/mol. The third kappa shape index (κ3) is 4.16. The second-order valence-electron chi connectivity index (χ2n) is 12.6. The topological polar surface area (TPSA) is 87.0 Å². The second-order valence-corrected chi connectivity index (χ2v) is 12.6. The van der Waals surface area contributed by atoms with Crippen molar-refractivity contribution in [3.8, 4) is 22.6 Å². The van der Waals surface area contributed by atoms with E-state index in [1.54, 1.807) is 25.3 Å². The number of phenols is 2. The van der Waals surface area contributed by atoms with Crippen LogP contribution in [0.4, 0.5) is 0 Å². The molecule has 3 aromatic rings. The minimum Gasteiger partial charge on any atom is -0.508 e. The lowest BCUT2D eigenvalue weighted by Gasteiger charge is -2.55. The standard InChI is InChI=1S/C36H40O5/c1-22-33-29(21-37)30-8-5-17-35(22,2)36(30,34(33)41-3)32(40)16-11-23-6-4-7-25(18-23)26-12-13-27(31(39)20-26)19-24-9-14-28(38)15-10-24/h4,6-7,9-10,12-15,18,20,29-30,33-34,37-39H,1,5,8,11,16-17,19,21H2,2-3H3/t29-,30+,33+,34+,35+,36+/m1/s1. The van der Waals surface area contributed by atoms with Crippen molar-refractivity contribution in [1.82, 2.24) is 0 Å². The van der Waals surface area contributed by atoms with E-state index in [1.807, 2.05) is 36.4 Å². The summed E-state index contributed by atoms with van der Waals surface area (Å²) in [5.74, 6) is 0.915. The predicted octanol–water partition coefficient (Wildman–Crippen LogP) is 6.47. The number of methoxy groups -OCH3 is 1. The molecule has 0 amide bonds. The summed E-state index contributed by atoms with van der Waals surface area (Å²) in [4.78, 5) is 14.3. The Morgan fingerprint density at radius 3 is 2.49 bits per heavy atom. The molecule has 0 spiro atoms. The Balaban J connectivity index is 1.21. The fraction of sp³-hybridized carbons (Fsp3) is 0.417. The van der Waals surface area contributed by atoms with Gasteiger partial charge < -0.3 is 20.1 Å². The molecule has 0 aliphatic heterocycles. The number of phenolic OH excluding ortho intramolecular Hbond substituents is 2. The maximum absolute atomic E-state index is 14.3. The van der Waals surface area contributed by atoms with Gasteiger partial charge in [-0.1, -0.05) is 74.0 Å². The van der Waals surface area contributed by atoms with Crippen LogP contribution in [0, 0.1) is 28.6 Å². The number of Topliss-reactive ketones (excluding diaryl/α,β-unsaturated/α-hetero) is 1. The molecule has 5 nitrogen and oxygen atoms in total. The highest BCUT2D eigenvalue weighted by atomic mass is 16.5. The highest BCUT2D eigenvalue weighted by molar-refractivity contribution is 5.90. The van der Waals surface area contributed by atoms with Gasteiger partial charge in [-0.15, -0.1) is 0 Å². The maximum atomic E-state index is 14.3. The van der Waals surface area contributed by atoms with Crippen molar-refractivity contribution >= 4 is 5.78 Å². The average Bonchev–Trinajstić information content (AvgIpc) is 3.39. The van der Waals surface area contributed by atoms with Gasteiger partial charge in [0.05, 0.1) is 11.5 Å². The molecule has 3 aliphatic rings. The van der Waals surface area contributed by atoms with E-state index in [-0.39, 0.29) is 53.2 Å². The van der Waals surface area contributed by atoms with Gasteiger partial charge in [0.25, 0.3) is 0 Å². The van der Waals surface area contributed by atoms with Crippen LogP contribution in [0.25, 0.3) is 11.1 Å². The zero-order chi connectivity index (χ0) is 28.9. The van der Waals surface area contributed by atoms with Gasteiger partial charge in [0.1, 0.15) is 17.3 Å². The smallest absolute Gasteiger partial charge is 0.143 e. The summed E-state index contributed by atoms with van der Waals surface area (Å²) in [5.41, 5.74) is 5.02. The second kappa shape index (κ2) is 10.5. The van der Waals surface area contributed by atoms with Crippen molar-refractivity contribution < 1.29 is 24.9 Å². The third-order valence-corrected chi connectivity index (χ3v) is 10.8. The zero-order valence-corrected chi connectivity index (χ0v) is 24.0. The first-order valence-corrected chi connectivity index (χ1v) is 14.8. The van der Waals surface area contributed by atoms with Crippen LogP contribution >= 0.6 is 0 Å². The van der Waals surface area contributed by atoms with Gasteiger partial charge in [-0.05, 0) is 77.1 Å². The van der Waals surface area contributed by atoms with Gasteiger partial charge in [0.15, 0.2) is 0 Å². The number of aliphatic hydroxyl groups is 1. The van der Waals surface area contributed by atoms with Crippen molar-refractivity contribution in [2.45, 2.75) is 51.6 Å². The van der Waals surface area contributed by atoms with Gasteiger partial charge in [-0.3, -0.25) is 4.79 Å². The van der Waals surface area contributed by atoms with Crippen LogP contribution in [0.5, 0.6) is 11.5 Å². The molecule has 3 saturated carbocycles. The quantitative estimate of drug-likeness (QED) is 0.265. The van der Waals surface area contributed by atoms with Gasteiger partial charge in [-0.25, -0.2) is 0 Å². The molecule has 2 bridgehead atoms. The number of benzene rings is 3. The number of hydrogen-bond acceptors (Lipinski definition) is 5. The summed E-state index contributed by atoms with van der Waals surface area (Å²) >= 11 is 0. The van der Waals surface area contributed by atoms with Crippen molar-refractivity contribution in [3.63, 3.8) is 0 Å². The molecule has 0 unspecified atom stereocenters. The minimum atomic E-state index is -0.619. The normalized spacial score (nSPS) is 30.1. The Bertz CT molecular complexity index is 1480. The van der Waals surface area contributed by atoms with Crippen molar-refractivity contribution in [3.05, 3.63) is 95.6 Å². The Labute approximate surface area is 242 Å². The lowest BCUT2D eigenvalue weighted by molar-refractivity contribution is -0.154. The minimum absolute atomic E-state index is 0.0391. The van der Waals surface area contributed by atoms with E-state index >= 15 is 0 Å². The van der Waals surface area contributed by atoms with Crippen LogP contribution in [0.1, 0.15) is 49.3 Å². The molecule has 5 heteroatoms. The maximum Gasteiger partial charge on any atom is 0.143 e. The molecule has 0 heterocycles. The summed E-state index contributed by atoms with van der Waals surface area (Å²) in [6.07, 6.45) is 4.36. The third-order valence-electron chi connectivity index (χ3n) is 10.8. The highest BCUT2D eigenvalue weighted by Gasteiger charge is 2.78. The number of aromatic hydroxyl groups is 2. The number of carbonyl (C=O) groups excluding carboxylic acids is 1. The van der Waals surface area contributed by atoms with Crippen molar-refractivity contribution in [2.75, 3.05) is 13.7 Å². The molecule has 0 aromatic heterocycles. The summed E-state index contributed by atoms with van der Waals surface area (Å²) in [5, 5.41) is 30.7. The summed E-state index contributed by atoms with van der Waals surface area (Å²) < 4.78 is 6.09. The molecule has 6 rings (SSSR count). The number of rotatable bonds is 9. The van der Waals surface area contributed by atoms with Crippen LogP contribution < -0.4 is 0 Å². The molecule has 214 valence electrons. The lowest BCUT2D eigenvalue weighted by atomic mass is 9.47. The van der Waals surface area contributed by atoms with E-state index in [9.17, 15) is 20.1 Å². The largest absolute Gasteiger partial charge is 0.508 e. The number of carbonyl (C=O) groups is 1. The van der Waals surface area contributed by atoms with Crippen molar-refractivity contribution in [1.29, 1.82) is 0 Å². The molecular weight excluding hydrogens is 512 g/mol. The Kier molecular flexibility index (Phi) is 7.07. The first-order chi connectivity index (χ1) is 19.7. The number of fused-ring (bicyclic) bond motifs is 1. The Morgan fingerprint density at radius 1 is 1.02 bits per heavy atom. The molecular formula is C36H40O5. The van der Waals surface area contributed by atoms with E-state index in [0.717, 1.165) is 52.7 Å². The SMILES string of the molecule is C=C1[C@H]2[C@H](CO)[C@@H]3CCC[C@]1(C)[C@@]3(C(=O)CCc1cccc(-c3ccc(Cc4ccc(O)cc4)c(O)c3)c1)[C@H]2OC. The lowest BCUT2D eigenvalue weighted by Crippen LogP contribution is -2.56. The molecule has 3 aromatic carbocycles. The van der Waals surface area contributed by atoms with Crippen LogP contribution in [0.15, 0.2) is 78.9 Å². The van der Waals surface area contributed by atoms with E-state index in [4.69, 9.17) is 4.74 Å². The summed E-state index contributed by atoms with van der Waals surface area (Å²) in [7, 11) is 1.71. The van der Waals surface area contributed by atoms with E-state index < -0.39 is 5.41 Å². The molecule has 0 radical (unpaired) electrons. The van der Waals surface area contributed by atoms with Gasteiger partial charge in [0.2, 0.25) is 0 Å². The average molecular weight is 553 g/mol. The van der Waals surface area contributed by atoms with Gasteiger partial charge in [0, 0.05) is 37.9 Å². The molecule has 41 heavy (non-hydrogen) atoms. The van der Waals surface area contributed by atoms with Gasteiger partial charge in [-0.2, -0.15) is 0 Å². The summed E-state index contributed by atoms with van der Waals surface area (Å²) in [6.45, 7) is 6.77. The van der Waals surface area contributed by atoms with Crippen LogP contribution in [-0.4, -0.2) is 40.9 Å². The molecule has 3 N–H and O–H groups in total. The first kappa shape index (κ1) is 27.7. The van der Waals surface area contributed by atoms with E-state index in [0.29, 0.717) is 19.3 Å². The molecule has 6 atom stereocenters. The molecule has 3 aliphatic carbocycles. The van der Waals surface area contributed by atoms with Crippen LogP contribution in [0.3, 0.4) is 0 Å². The number of aliphatic hydroxyl groups excluding tert-OH is 1. The fourth-order valence-electron chi connectivity index (χ4n) is 8.93. The predicted molar refractivity (Wildman–Crippen MR) is 160 cm³/mol. The fourth-order valence-corrected chi connectivity index (χ4v) is 8.93. The first-order valence-electron chi connectivity index (χ1n) is 14.8. The Morgan fingerprint density at radius 2 is 1.78 bits per heavy atom.